The molecule has 0 radical (unpaired) electrons. The van der Waals surface area contributed by atoms with Crippen LogP contribution in [0, 0.1) is 0 Å². The summed E-state index contributed by atoms with van der Waals surface area (Å²) >= 11 is 6.10. The number of rotatable bonds is 2. The monoisotopic (exact) mass is 222 g/mol. The molecule has 4 nitrogen and oxygen atoms in total. The molecule has 5 heteroatoms. The van der Waals surface area contributed by atoms with Crippen LogP contribution in [0.1, 0.15) is 18.5 Å². The van der Waals surface area contributed by atoms with E-state index in [2.05, 4.69) is 10.1 Å². The summed E-state index contributed by atoms with van der Waals surface area (Å²) < 4.78 is 1.65. The number of hydrogen-bond acceptors (Lipinski definition) is 3. The molecule has 1 unspecified atom stereocenters. The van der Waals surface area contributed by atoms with E-state index in [0.29, 0.717) is 5.02 Å². The molecule has 0 saturated carbocycles. The summed E-state index contributed by atoms with van der Waals surface area (Å²) in [5, 5.41) is 4.67. The Morgan fingerprint density at radius 3 is 2.80 bits per heavy atom. The summed E-state index contributed by atoms with van der Waals surface area (Å²) in [6.45, 7) is 1.90. The van der Waals surface area contributed by atoms with Gasteiger partial charge in [-0.15, -0.1) is 0 Å². The largest absolute Gasteiger partial charge is 0.324 e. The minimum absolute atomic E-state index is 0.0673. The maximum atomic E-state index is 6.10. The van der Waals surface area contributed by atoms with Crippen molar-refractivity contribution in [2.24, 2.45) is 5.73 Å². The van der Waals surface area contributed by atoms with Gasteiger partial charge in [0.05, 0.1) is 5.69 Å². The second kappa shape index (κ2) is 4.00. The molecule has 2 aromatic rings. The zero-order chi connectivity index (χ0) is 10.8. The molecule has 0 aliphatic rings. The van der Waals surface area contributed by atoms with Crippen LogP contribution in [0.4, 0.5) is 0 Å². The first kappa shape index (κ1) is 10.1. The van der Waals surface area contributed by atoms with Crippen LogP contribution in [0.2, 0.25) is 5.02 Å². The van der Waals surface area contributed by atoms with Crippen LogP contribution in [-0.4, -0.2) is 14.8 Å². The summed E-state index contributed by atoms with van der Waals surface area (Å²) in [5.41, 5.74) is 7.57. The Morgan fingerprint density at radius 1 is 1.47 bits per heavy atom. The lowest BCUT2D eigenvalue weighted by Crippen LogP contribution is -2.06. The molecular weight excluding hydrogens is 212 g/mol. The molecule has 0 saturated heterocycles. The average Bonchev–Trinajstić information content (AvgIpc) is 2.69. The van der Waals surface area contributed by atoms with Crippen LogP contribution in [0.25, 0.3) is 5.69 Å². The van der Waals surface area contributed by atoms with E-state index >= 15 is 0 Å². The summed E-state index contributed by atoms with van der Waals surface area (Å²) in [6, 6.07) is 5.58. The summed E-state index contributed by atoms with van der Waals surface area (Å²) in [7, 11) is 0. The van der Waals surface area contributed by atoms with Crippen LogP contribution < -0.4 is 5.73 Å². The predicted octanol–water partition coefficient (Wildman–Crippen LogP) is 1.94. The lowest BCUT2D eigenvalue weighted by Gasteiger charge is -2.09. The number of nitrogens with two attached hydrogens (primary N) is 1. The molecule has 0 aliphatic heterocycles. The Morgan fingerprint density at radius 2 is 2.27 bits per heavy atom. The molecule has 2 rings (SSSR count). The van der Waals surface area contributed by atoms with Gasteiger partial charge in [-0.3, -0.25) is 0 Å². The molecular formula is C10H11ClN4. The highest BCUT2D eigenvalue weighted by Gasteiger charge is 2.06. The molecule has 1 aromatic heterocycles. The molecule has 1 aromatic carbocycles. The van der Waals surface area contributed by atoms with Gasteiger partial charge in [0, 0.05) is 11.1 Å². The Bertz CT molecular complexity index is 450. The number of benzene rings is 1. The van der Waals surface area contributed by atoms with Crippen LogP contribution in [0.15, 0.2) is 30.9 Å². The normalized spacial score (nSPS) is 12.7. The van der Waals surface area contributed by atoms with E-state index in [0.717, 1.165) is 11.3 Å². The highest BCUT2D eigenvalue weighted by atomic mass is 35.5. The lowest BCUT2D eigenvalue weighted by atomic mass is 10.1. The fourth-order valence-corrected chi connectivity index (χ4v) is 1.72. The van der Waals surface area contributed by atoms with Gasteiger partial charge in [0.25, 0.3) is 0 Å². The van der Waals surface area contributed by atoms with Gasteiger partial charge in [0.15, 0.2) is 0 Å². The van der Waals surface area contributed by atoms with Crippen molar-refractivity contribution in [1.29, 1.82) is 0 Å². The van der Waals surface area contributed by atoms with Crippen molar-refractivity contribution < 1.29 is 0 Å². The summed E-state index contributed by atoms with van der Waals surface area (Å²) in [4.78, 5) is 3.87. The van der Waals surface area contributed by atoms with E-state index in [1.54, 1.807) is 11.0 Å². The molecule has 0 fully saturated rings. The molecule has 0 amide bonds. The van der Waals surface area contributed by atoms with Gasteiger partial charge in [-0.25, -0.2) is 9.67 Å². The van der Waals surface area contributed by atoms with Gasteiger partial charge in [-0.2, -0.15) is 5.10 Å². The van der Waals surface area contributed by atoms with E-state index in [1.165, 1.54) is 6.33 Å². The number of hydrogen-bond donors (Lipinski definition) is 1. The number of aromatic nitrogens is 3. The fraction of sp³-hybridized carbons (Fsp3) is 0.200. The third kappa shape index (κ3) is 2.00. The standard InChI is InChI=1S/C10H11ClN4/c1-7(12)9-3-2-8(4-10(9)11)15-6-13-5-14-15/h2-7H,12H2,1H3. The maximum absolute atomic E-state index is 6.10. The van der Waals surface area contributed by atoms with Gasteiger partial charge >= 0.3 is 0 Å². The van der Waals surface area contributed by atoms with Crippen LogP contribution in [0.3, 0.4) is 0 Å². The van der Waals surface area contributed by atoms with Crippen molar-refractivity contribution >= 4 is 11.6 Å². The average molecular weight is 223 g/mol. The minimum atomic E-state index is -0.0673. The first-order valence-electron chi connectivity index (χ1n) is 4.58. The third-order valence-electron chi connectivity index (χ3n) is 2.16. The van der Waals surface area contributed by atoms with Crippen LogP contribution in [-0.2, 0) is 0 Å². The van der Waals surface area contributed by atoms with Crippen LogP contribution >= 0.6 is 11.6 Å². The zero-order valence-corrected chi connectivity index (χ0v) is 9.02. The second-order valence-corrected chi connectivity index (χ2v) is 3.74. The quantitative estimate of drug-likeness (QED) is 0.845. The maximum Gasteiger partial charge on any atom is 0.138 e. The smallest absolute Gasteiger partial charge is 0.138 e. The van der Waals surface area contributed by atoms with Crippen molar-refractivity contribution in [2.45, 2.75) is 13.0 Å². The highest BCUT2D eigenvalue weighted by Crippen LogP contribution is 2.23. The van der Waals surface area contributed by atoms with E-state index in [9.17, 15) is 0 Å². The molecule has 0 spiro atoms. The first-order valence-corrected chi connectivity index (χ1v) is 4.96. The number of nitrogens with zero attached hydrogens (tertiary/aromatic N) is 3. The van der Waals surface area contributed by atoms with E-state index < -0.39 is 0 Å². The highest BCUT2D eigenvalue weighted by molar-refractivity contribution is 6.31. The Hall–Kier alpha value is -1.39. The van der Waals surface area contributed by atoms with E-state index in [-0.39, 0.29) is 6.04 Å². The molecule has 0 aliphatic carbocycles. The molecule has 0 bridgehead atoms. The lowest BCUT2D eigenvalue weighted by molar-refractivity contribution is 0.814. The minimum Gasteiger partial charge on any atom is -0.324 e. The van der Waals surface area contributed by atoms with Crippen LogP contribution in [0.5, 0.6) is 0 Å². The van der Waals surface area contributed by atoms with Crippen molar-refractivity contribution in [3.63, 3.8) is 0 Å². The third-order valence-corrected chi connectivity index (χ3v) is 2.49. The zero-order valence-electron chi connectivity index (χ0n) is 8.26. The van der Waals surface area contributed by atoms with Crippen molar-refractivity contribution in [1.82, 2.24) is 14.8 Å². The van der Waals surface area contributed by atoms with E-state index in [1.807, 2.05) is 25.1 Å². The Balaban J connectivity index is 2.42. The molecule has 1 heterocycles. The van der Waals surface area contributed by atoms with Crippen molar-refractivity contribution in [2.75, 3.05) is 0 Å². The topological polar surface area (TPSA) is 56.7 Å². The van der Waals surface area contributed by atoms with Gasteiger partial charge in [0.2, 0.25) is 0 Å². The Kier molecular flexibility index (Phi) is 2.70. The summed E-state index contributed by atoms with van der Waals surface area (Å²) in [6.07, 6.45) is 3.10. The predicted molar refractivity (Wildman–Crippen MR) is 59.0 cm³/mol. The fourth-order valence-electron chi connectivity index (χ4n) is 1.37. The van der Waals surface area contributed by atoms with Gasteiger partial charge < -0.3 is 5.73 Å². The molecule has 78 valence electrons. The SMILES string of the molecule is CC(N)c1ccc(-n2cncn2)cc1Cl. The second-order valence-electron chi connectivity index (χ2n) is 3.33. The molecule has 2 N–H and O–H groups in total. The Labute approximate surface area is 92.7 Å². The van der Waals surface area contributed by atoms with Crippen molar-refractivity contribution in [3.8, 4) is 5.69 Å². The van der Waals surface area contributed by atoms with E-state index in [4.69, 9.17) is 17.3 Å². The first-order chi connectivity index (χ1) is 7.18. The summed E-state index contributed by atoms with van der Waals surface area (Å²) in [5.74, 6) is 0. The van der Waals surface area contributed by atoms with Gasteiger partial charge in [-0.1, -0.05) is 17.7 Å². The number of halogens is 1. The molecule has 1 atom stereocenters. The van der Waals surface area contributed by atoms with Gasteiger partial charge in [-0.05, 0) is 24.6 Å². The van der Waals surface area contributed by atoms with Gasteiger partial charge in [0.1, 0.15) is 12.7 Å². The van der Waals surface area contributed by atoms with Crippen molar-refractivity contribution in [3.05, 3.63) is 41.4 Å². The molecule has 15 heavy (non-hydrogen) atoms.